The predicted octanol–water partition coefficient (Wildman–Crippen LogP) is 2.00. The molecule has 0 aromatic carbocycles. The fourth-order valence-corrected chi connectivity index (χ4v) is 2.56. The monoisotopic (exact) mass is 284 g/mol. The van der Waals surface area contributed by atoms with Crippen molar-refractivity contribution in [3.05, 3.63) is 33.2 Å². The van der Waals surface area contributed by atoms with E-state index in [1.165, 1.54) is 12.8 Å². The van der Waals surface area contributed by atoms with Gasteiger partial charge in [-0.2, -0.15) is 0 Å². The Morgan fingerprint density at radius 2 is 2.19 bits per heavy atom. The molecule has 2 heterocycles. The van der Waals surface area contributed by atoms with Gasteiger partial charge in [0.15, 0.2) is 0 Å². The highest BCUT2D eigenvalue weighted by Crippen LogP contribution is 2.16. The number of piperidine rings is 1. The van der Waals surface area contributed by atoms with E-state index in [0.717, 1.165) is 32.0 Å². The smallest absolute Gasteiger partial charge is 0.264 e. The number of rotatable bonds is 3. The van der Waals surface area contributed by atoms with Crippen molar-refractivity contribution in [3.63, 3.8) is 0 Å². The molecule has 0 unspecified atom stereocenters. The molecule has 0 amide bonds. The molecule has 1 aliphatic heterocycles. The van der Waals surface area contributed by atoms with Crippen molar-refractivity contribution in [2.75, 3.05) is 13.1 Å². The fourth-order valence-electron chi connectivity index (χ4n) is 2.18. The maximum atomic E-state index is 11.7. The summed E-state index contributed by atoms with van der Waals surface area (Å²) >= 11 is 3.27. The molecule has 1 N–H and O–H groups in total. The van der Waals surface area contributed by atoms with Crippen molar-refractivity contribution in [2.24, 2.45) is 5.92 Å². The summed E-state index contributed by atoms with van der Waals surface area (Å²) in [6.07, 6.45) is 5.46. The Morgan fingerprint density at radius 3 is 2.94 bits per heavy atom. The highest BCUT2D eigenvalue weighted by molar-refractivity contribution is 9.10. The zero-order valence-corrected chi connectivity index (χ0v) is 10.9. The van der Waals surface area contributed by atoms with Gasteiger partial charge >= 0.3 is 0 Å². The van der Waals surface area contributed by atoms with E-state index in [2.05, 4.69) is 21.2 Å². The Labute approximate surface area is 104 Å². The number of nitrogens with one attached hydrogen (secondary N) is 1. The maximum Gasteiger partial charge on any atom is 0.264 e. The first-order chi connectivity index (χ1) is 7.77. The average molecular weight is 285 g/mol. The Bertz CT molecular complexity index is 396. The molecule has 1 aromatic rings. The van der Waals surface area contributed by atoms with Crippen LogP contribution in [0.4, 0.5) is 0 Å². The lowest BCUT2D eigenvalue weighted by atomic mass is 9.95. The Morgan fingerprint density at radius 1 is 1.44 bits per heavy atom. The summed E-state index contributed by atoms with van der Waals surface area (Å²) in [4.78, 5) is 11.7. The molecule has 0 bridgehead atoms. The second-order valence-electron chi connectivity index (χ2n) is 4.34. The minimum Gasteiger partial charge on any atom is -0.317 e. The van der Waals surface area contributed by atoms with Crippen molar-refractivity contribution >= 4 is 15.9 Å². The molecule has 1 saturated heterocycles. The van der Waals surface area contributed by atoms with Crippen LogP contribution in [-0.4, -0.2) is 17.7 Å². The van der Waals surface area contributed by atoms with Crippen LogP contribution < -0.4 is 10.9 Å². The van der Waals surface area contributed by atoms with Crippen LogP contribution in [0.3, 0.4) is 0 Å². The second kappa shape index (κ2) is 5.64. The van der Waals surface area contributed by atoms with Gasteiger partial charge in [-0.3, -0.25) is 4.79 Å². The van der Waals surface area contributed by atoms with Gasteiger partial charge in [-0.1, -0.05) is 0 Å². The van der Waals surface area contributed by atoms with E-state index in [9.17, 15) is 4.79 Å². The summed E-state index contributed by atoms with van der Waals surface area (Å²) in [5.74, 6) is 0.770. The molecule has 16 heavy (non-hydrogen) atoms. The lowest BCUT2D eigenvalue weighted by Gasteiger charge is -2.22. The van der Waals surface area contributed by atoms with Crippen molar-refractivity contribution in [1.82, 2.24) is 9.88 Å². The van der Waals surface area contributed by atoms with E-state index in [1.807, 2.05) is 12.3 Å². The molecular weight excluding hydrogens is 268 g/mol. The standard InChI is InChI=1S/C12H17BrN2O/c13-11-2-1-8-15(12(11)16)9-5-10-3-6-14-7-4-10/h1-2,8,10,14H,3-7,9H2. The van der Waals surface area contributed by atoms with Crippen LogP contribution in [0.5, 0.6) is 0 Å². The third-order valence-corrected chi connectivity index (χ3v) is 3.81. The number of hydrogen-bond donors (Lipinski definition) is 1. The summed E-state index contributed by atoms with van der Waals surface area (Å²) in [5.41, 5.74) is 0.0800. The molecule has 88 valence electrons. The lowest BCUT2D eigenvalue weighted by Crippen LogP contribution is -2.29. The number of aryl methyl sites for hydroxylation is 1. The van der Waals surface area contributed by atoms with Crippen LogP contribution in [0.2, 0.25) is 0 Å². The van der Waals surface area contributed by atoms with Crippen LogP contribution >= 0.6 is 15.9 Å². The van der Waals surface area contributed by atoms with E-state index in [-0.39, 0.29) is 5.56 Å². The van der Waals surface area contributed by atoms with Gasteiger partial charge in [0.05, 0.1) is 4.47 Å². The van der Waals surface area contributed by atoms with Crippen molar-refractivity contribution in [1.29, 1.82) is 0 Å². The zero-order chi connectivity index (χ0) is 11.4. The summed E-state index contributed by atoms with van der Waals surface area (Å²) < 4.78 is 2.45. The summed E-state index contributed by atoms with van der Waals surface area (Å²) in [6, 6.07) is 3.71. The molecule has 0 saturated carbocycles. The van der Waals surface area contributed by atoms with Crippen molar-refractivity contribution in [2.45, 2.75) is 25.8 Å². The number of pyridine rings is 1. The predicted molar refractivity (Wildman–Crippen MR) is 68.6 cm³/mol. The summed E-state index contributed by atoms with van der Waals surface area (Å²) in [6.45, 7) is 3.08. The number of hydrogen-bond acceptors (Lipinski definition) is 2. The highest BCUT2D eigenvalue weighted by Gasteiger charge is 2.12. The second-order valence-corrected chi connectivity index (χ2v) is 5.19. The van der Waals surface area contributed by atoms with Crippen LogP contribution in [0.25, 0.3) is 0 Å². The van der Waals surface area contributed by atoms with Crippen molar-refractivity contribution < 1.29 is 0 Å². The normalized spacial score (nSPS) is 17.6. The molecule has 3 nitrogen and oxygen atoms in total. The lowest BCUT2D eigenvalue weighted by molar-refractivity contribution is 0.336. The molecule has 2 rings (SSSR count). The van der Waals surface area contributed by atoms with Gasteiger partial charge in [-0.05, 0) is 66.3 Å². The van der Waals surface area contributed by atoms with E-state index in [0.29, 0.717) is 4.47 Å². The highest BCUT2D eigenvalue weighted by atomic mass is 79.9. The average Bonchev–Trinajstić information content (AvgIpc) is 2.32. The fraction of sp³-hybridized carbons (Fsp3) is 0.583. The zero-order valence-electron chi connectivity index (χ0n) is 9.29. The first-order valence-electron chi connectivity index (χ1n) is 5.83. The topological polar surface area (TPSA) is 34.0 Å². The number of aromatic nitrogens is 1. The minimum atomic E-state index is 0.0800. The van der Waals surface area contributed by atoms with Crippen LogP contribution in [0.15, 0.2) is 27.6 Å². The van der Waals surface area contributed by atoms with Gasteiger partial charge < -0.3 is 9.88 Å². The molecule has 0 aliphatic carbocycles. The molecule has 1 aromatic heterocycles. The number of nitrogens with zero attached hydrogens (tertiary/aromatic N) is 1. The Balaban J connectivity index is 1.94. The molecule has 0 atom stereocenters. The van der Waals surface area contributed by atoms with Crippen LogP contribution in [0, 0.1) is 5.92 Å². The third-order valence-electron chi connectivity index (χ3n) is 3.21. The van der Waals surface area contributed by atoms with Crippen molar-refractivity contribution in [3.8, 4) is 0 Å². The number of halogens is 1. The molecule has 0 spiro atoms. The van der Waals surface area contributed by atoms with Gasteiger partial charge in [0.25, 0.3) is 5.56 Å². The minimum absolute atomic E-state index is 0.0800. The van der Waals surface area contributed by atoms with Gasteiger partial charge in [0.1, 0.15) is 0 Å². The van der Waals surface area contributed by atoms with Gasteiger partial charge in [-0.15, -0.1) is 0 Å². The van der Waals surface area contributed by atoms with E-state index in [1.54, 1.807) is 10.6 Å². The molecular formula is C12H17BrN2O. The molecule has 4 heteroatoms. The first kappa shape index (κ1) is 11.9. The summed E-state index contributed by atoms with van der Waals surface area (Å²) in [5, 5.41) is 3.36. The first-order valence-corrected chi connectivity index (χ1v) is 6.62. The van der Waals surface area contributed by atoms with E-state index in [4.69, 9.17) is 0 Å². The molecule has 1 aliphatic rings. The third kappa shape index (κ3) is 2.95. The Kier molecular flexibility index (Phi) is 4.18. The molecule has 1 fully saturated rings. The van der Waals surface area contributed by atoms with E-state index >= 15 is 0 Å². The van der Waals surface area contributed by atoms with Crippen LogP contribution in [-0.2, 0) is 6.54 Å². The Hall–Kier alpha value is -0.610. The van der Waals surface area contributed by atoms with E-state index < -0.39 is 0 Å². The molecule has 0 radical (unpaired) electrons. The SMILES string of the molecule is O=c1c(Br)cccn1CCC1CCNCC1. The van der Waals surface area contributed by atoms with Gasteiger partial charge in [-0.25, -0.2) is 0 Å². The van der Waals surface area contributed by atoms with Gasteiger partial charge in [0.2, 0.25) is 0 Å². The van der Waals surface area contributed by atoms with Gasteiger partial charge in [0, 0.05) is 12.7 Å². The maximum absolute atomic E-state index is 11.7. The quantitative estimate of drug-likeness (QED) is 0.921. The largest absolute Gasteiger partial charge is 0.317 e. The summed E-state index contributed by atoms with van der Waals surface area (Å²) in [7, 11) is 0. The van der Waals surface area contributed by atoms with Crippen LogP contribution in [0.1, 0.15) is 19.3 Å².